The molecule has 0 saturated heterocycles. The summed E-state index contributed by atoms with van der Waals surface area (Å²) in [6.07, 6.45) is 2.91. The van der Waals surface area contributed by atoms with E-state index in [1.807, 2.05) is 6.92 Å². The first-order valence-electron chi connectivity index (χ1n) is 5.71. The van der Waals surface area contributed by atoms with E-state index in [1.165, 1.54) is 0 Å². The van der Waals surface area contributed by atoms with Gasteiger partial charge in [-0.15, -0.1) is 0 Å². The summed E-state index contributed by atoms with van der Waals surface area (Å²) in [7, 11) is 0. The molecular weight excluding hydrogens is 223 g/mol. The van der Waals surface area contributed by atoms with Gasteiger partial charge in [0, 0.05) is 18.3 Å². The van der Waals surface area contributed by atoms with Gasteiger partial charge >= 0.3 is 0 Å². The largest absolute Gasteiger partial charge is 0.349 e. The number of carbonyl (C=O) groups excluding carboxylic acids is 1. The predicted octanol–water partition coefficient (Wildman–Crippen LogP) is 0.316. The molecule has 0 aliphatic heterocycles. The minimum atomic E-state index is -0.638. The summed E-state index contributed by atoms with van der Waals surface area (Å²) in [6.45, 7) is 2.93. The highest BCUT2D eigenvalue weighted by Crippen LogP contribution is 2.02. The van der Waals surface area contributed by atoms with Crippen molar-refractivity contribution in [3.05, 3.63) is 17.7 Å². The molecule has 1 rings (SSSR count). The van der Waals surface area contributed by atoms with Crippen molar-refractivity contribution < 1.29 is 9.18 Å². The Balaban J connectivity index is 2.54. The number of H-pyrrole nitrogens is 1. The molecule has 6 heteroatoms. The standard InChI is InChI=1S/C11H19FN4O/c1-3-8-6-14-10(15-8)4-9(5-12)16-11(17)7(2)13/h6-7,9H,3-5,13H2,1-2H3,(H,14,15)(H,16,17). The van der Waals surface area contributed by atoms with E-state index >= 15 is 0 Å². The fourth-order valence-electron chi connectivity index (χ4n) is 1.40. The molecular formula is C11H19FN4O. The molecule has 0 bridgehead atoms. The quantitative estimate of drug-likeness (QED) is 0.671. The molecule has 1 aromatic heterocycles. The highest BCUT2D eigenvalue weighted by Gasteiger charge is 2.16. The summed E-state index contributed by atoms with van der Waals surface area (Å²) in [5.74, 6) is 0.324. The number of amides is 1. The average Bonchev–Trinajstić information content (AvgIpc) is 2.75. The lowest BCUT2D eigenvalue weighted by molar-refractivity contribution is -0.122. The number of imidazole rings is 1. The van der Waals surface area contributed by atoms with Gasteiger partial charge in [0.25, 0.3) is 0 Å². The lowest BCUT2D eigenvalue weighted by Crippen LogP contribution is -2.45. The smallest absolute Gasteiger partial charge is 0.236 e. The second-order valence-corrected chi connectivity index (χ2v) is 4.06. The molecule has 96 valence electrons. The number of halogens is 1. The van der Waals surface area contributed by atoms with E-state index < -0.39 is 18.8 Å². The van der Waals surface area contributed by atoms with Crippen molar-refractivity contribution in [2.45, 2.75) is 38.8 Å². The second kappa shape index (κ2) is 6.34. The maximum Gasteiger partial charge on any atom is 0.236 e. The highest BCUT2D eigenvalue weighted by molar-refractivity contribution is 5.81. The van der Waals surface area contributed by atoms with Crippen molar-refractivity contribution >= 4 is 5.91 Å². The van der Waals surface area contributed by atoms with Crippen LogP contribution >= 0.6 is 0 Å². The predicted molar refractivity (Wildman–Crippen MR) is 63.2 cm³/mol. The van der Waals surface area contributed by atoms with E-state index in [9.17, 15) is 9.18 Å². The van der Waals surface area contributed by atoms with Crippen LogP contribution in [0.3, 0.4) is 0 Å². The van der Waals surface area contributed by atoms with Crippen LogP contribution in [0.1, 0.15) is 25.4 Å². The van der Waals surface area contributed by atoms with Crippen LogP contribution in [-0.4, -0.2) is 34.6 Å². The highest BCUT2D eigenvalue weighted by atomic mass is 19.1. The van der Waals surface area contributed by atoms with Gasteiger partial charge in [-0.3, -0.25) is 4.79 Å². The van der Waals surface area contributed by atoms with Gasteiger partial charge in [-0.25, -0.2) is 9.37 Å². The fourth-order valence-corrected chi connectivity index (χ4v) is 1.40. The Hall–Kier alpha value is -1.43. The van der Waals surface area contributed by atoms with Crippen LogP contribution in [0.15, 0.2) is 6.20 Å². The third kappa shape index (κ3) is 4.14. The third-order valence-corrected chi connectivity index (χ3v) is 2.45. The monoisotopic (exact) mass is 242 g/mol. The second-order valence-electron chi connectivity index (χ2n) is 4.06. The summed E-state index contributed by atoms with van der Waals surface area (Å²) >= 11 is 0. The van der Waals surface area contributed by atoms with Gasteiger partial charge in [0.1, 0.15) is 12.5 Å². The van der Waals surface area contributed by atoms with Crippen LogP contribution < -0.4 is 11.1 Å². The molecule has 0 saturated carbocycles. The van der Waals surface area contributed by atoms with Crippen molar-refractivity contribution in [1.29, 1.82) is 0 Å². The van der Waals surface area contributed by atoms with Crippen molar-refractivity contribution in [1.82, 2.24) is 15.3 Å². The summed E-state index contributed by atoms with van der Waals surface area (Å²) in [6, 6.07) is -1.21. The number of aromatic amines is 1. The number of nitrogens with two attached hydrogens (primary N) is 1. The number of carbonyl (C=O) groups is 1. The Morgan fingerprint density at radius 2 is 2.41 bits per heavy atom. The van der Waals surface area contributed by atoms with Crippen molar-refractivity contribution in [2.75, 3.05) is 6.67 Å². The number of aryl methyl sites for hydroxylation is 1. The number of nitrogens with one attached hydrogen (secondary N) is 2. The summed E-state index contributed by atoms with van der Waals surface area (Å²) in [4.78, 5) is 18.5. The van der Waals surface area contributed by atoms with Crippen LogP contribution in [0.4, 0.5) is 4.39 Å². The average molecular weight is 242 g/mol. The fraction of sp³-hybridized carbons (Fsp3) is 0.636. The van der Waals surface area contributed by atoms with Gasteiger partial charge in [-0.2, -0.15) is 0 Å². The molecule has 17 heavy (non-hydrogen) atoms. The lowest BCUT2D eigenvalue weighted by atomic mass is 10.2. The molecule has 0 aliphatic rings. The lowest BCUT2D eigenvalue weighted by Gasteiger charge is -2.15. The number of rotatable bonds is 6. The number of hydrogen-bond donors (Lipinski definition) is 3. The molecule has 4 N–H and O–H groups in total. The zero-order valence-electron chi connectivity index (χ0n) is 10.2. The van der Waals surface area contributed by atoms with Gasteiger partial charge in [-0.1, -0.05) is 6.92 Å². The van der Waals surface area contributed by atoms with Gasteiger partial charge in [0.2, 0.25) is 5.91 Å². The summed E-state index contributed by atoms with van der Waals surface area (Å²) < 4.78 is 12.8. The van der Waals surface area contributed by atoms with Gasteiger partial charge in [0.15, 0.2) is 0 Å². The normalized spacial score (nSPS) is 14.4. The Morgan fingerprint density at radius 1 is 1.71 bits per heavy atom. The minimum absolute atomic E-state index is 0.342. The topological polar surface area (TPSA) is 83.8 Å². The van der Waals surface area contributed by atoms with Crippen LogP contribution in [0.25, 0.3) is 0 Å². The molecule has 5 nitrogen and oxygen atoms in total. The Morgan fingerprint density at radius 3 is 2.88 bits per heavy atom. The van der Waals surface area contributed by atoms with E-state index in [1.54, 1.807) is 13.1 Å². The third-order valence-electron chi connectivity index (χ3n) is 2.45. The van der Waals surface area contributed by atoms with E-state index in [0.717, 1.165) is 12.1 Å². The van der Waals surface area contributed by atoms with Crippen LogP contribution in [0.5, 0.6) is 0 Å². The maximum absolute atomic E-state index is 12.8. The summed E-state index contributed by atoms with van der Waals surface area (Å²) in [5, 5.41) is 2.54. The van der Waals surface area contributed by atoms with Gasteiger partial charge in [-0.05, 0) is 13.3 Å². The van der Waals surface area contributed by atoms with Gasteiger partial charge < -0.3 is 16.0 Å². The van der Waals surface area contributed by atoms with E-state index in [2.05, 4.69) is 15.3 Å². The summed E-state index contributed by atoms with van der Waals surface area (Å²) in [5.41, 5.74) is 6.40. The molecule has 1 aromatic rings. The Labute approximate surface area is 100.0 Å². The SMILES string of the molecule is CCc1cnc(CC(CF)NC(=O)C(C)N)[nH]1. The number of aromatic nitrogens is 2. The van der Waals surface area contributed by atoms with Crippen molar-refractivity contribution in [3.8, 4) is 0 Å². The molecule has 0 aliphatic carbocycles. The molecule has 1 amide bonds. The first-order valence-corrected chi connectivity index (χ1v) is 5.71. The first kappa shape index (κ1) is 13.6. The molecule has 0 fully saturated rings. The molecule has 1 heterocycles. The van der Waals surface area contributed by atoms with E-state index in [0.29, 0.717) is 12.2 Å². The maximum atomic E-state index is 12.8. The molecule has 2 unspecified atom stereocenters. The first-order chi connectivity index (χ1) is 8.06. The zero-order chi connectivity index (χ0) is 12.8. The van der Waals surface area contributed by atoms with Crippen LogP contribution in [0.2, 0.25) is 0 Å². The van der Waals surface area contributed by atoms with E-state index in [4.69, 9.17) is 5.73 Å². The van der Waals surface area contributed by atoms with E-state index in [-0.39, 0.29) is 5.91 Å². The molecule has 0 radical (unpaired) electrons. The molecule has 0 aromatic carbocycles. The van der Waals surface area contributed by atoms with Gasteiger partial charge in [0.05, 0.1) is 12.1 Å². The van der Waals surface area contributed by atoms with Crippen LogP contribution in [-0.2, 0) is 17.6 Å². The van der Waals surface area contributed by atoms with Crippen molar-refractivity contribution in [2.24, 2.45) is 5.73 Å². The minimum Gasteiger partial charge on any atom is -0.349 e. The van der Waals surface area contributed by atoms with Crippen molar-refractivity contribution in [3.63, 3.8) is 0 Å². The van der Waals surface area contributed by atoms with Crippen LogP contribution in [0, 0.1) is 0 Å². The zero-order valence-corrected chi connectivity index (χ0v) is 10.2. The Bertz CT molecular complexity index is 364. The number of alkyl halides is 1. The number of nitrogens with zero attached hydrogens (tertiary/aromatic N) is 1. The molecule has 2 atom stereocenters. The number of hydrogen-bond acceptors (Lipinski definition) is 3. The molecule has 0 spiro atoms. The Kier molecular flexibility index (Phi) is 5.09.